The molecule has 2 fully saturated rings. The molecule has 0 aromatic heterocycles. The van der Waals surface area contributed by atoms with Gasteiger partial charge >= 0.3 is 0 Å². The number of piperazine rings is 1. The zero-order valence-electron chi connectivity index (χ0n) is 13.6. The summed E-state index contributed by atoms with van der Waals surface area (Å²) < 4.78 is 4.98. The molecule has 0 N–H and O–H groups in total. The Balaban J connectivity index is 1.65. The highest BCUT2D eigenvalue weighted by atomic mass is 16.5. The van der Waals surface area contributed by atoms with Crippen molar-refractivity contribution < 1.29 is 9.53 Å². The van der Waals surface area contributed by atoms with Crippen LogP contribution in [0.2, 0.25) is 0 Å². The molecule has 5 nitrogen and oxygen atoms in total. The number of hydrogen-bond donors (Lipinski definition) is 0. The number of amides is 1. The highest BCUT2D eigenvalue weighted by Gasteiger charge is 2.45. The third kappa shape index (κ3) is 2.22. The molecule has 2 heterocycles. The maximum Gasteiger partial charge on any atom is 0.248 e. The molecular formula is C19H19N3O2. The number of ether oxygens (including phenoxy) is 1. The fourth-order valence-corrected chi connectivity index (χ4v) is 4.10. The number of carbonyl (C=O) groups is 1. The van der Waals surface area contributed by atoms with Crippen LogP contribution in [-0.4, -0.2) is 49.7 Å². The molecule has 2 bridgehead atoms. The molecule has 2 aromatic rings. The van der Waals surface area contributed by atoms with Crippen LogP contribution in [0.25, 0.3) is 10.8 Å². The van der Waals surface area contributed by atoms with Gasteiger partial charge in [0.2, 0.25) is 5.91 Å². The molecule has 0 saturated carbocycles. The Labute approximate surface area is 141 Å². The Morgan fingerprint density at radius 1 is 1.21 bits per heavy atom. The molecule has 2 aliphatic heterocycles. The third-order valence-electron chi connectivity index (χ3n) is 5.16. The molecule has 2 saturated heterocycles. The molecule has 2 aromatic carbocycles. The second-order valence-corrected chi connectivity index (χ2v) is 6.46. The number of methoxy groups -OCH3 is 1. The van der Waals surface area contributed by atoms with E-state index in [0.717, 1.165) is 36.0 Å². The van der Waals surface area contributed by atoms with Crippen LogP contribution in [0.5, 0.6) is 0 Å². The average molecular weight is 321 g/mol. The summed E-state index contributed by atoms with van der Waals surface area (Å²) in [6.07, 6.45) is 1.00. The SMILES string of the molecule is COCC(=O)N1CC2CC1CN2c1ccc(C#N)c2ccccc12. The van der Waals surface area contributed by atoms with Crippen molar-refractivity contribution in [1.82, 2.24) is 4.90 Å². The number of hydrogen-bond acceptors (Lipinski definition) is 4. The summed E-state index contributed by atoms with van der Waals surface area (Å²) in [6, 6.07) is 14.9. The standard InChI is InChI=1S/C19H19N3O2/c1-24-12-19(23)22-11-14-8-15(22)10-21(14)18-7-6-13(9-20)16-4-2-3-5-17(16)18/h2-7,14-15H,8,10-12H2,1H3. The summed E-state index contributed by atoms with van der Waals surface area (Å²) >= 11 is 0. The van der Waals surface area contributed by atoms with Crippen molar-refractivity contribution >= 4 is 22.4 Å². The lowest BCUT2D eigenvalue weighted by Crippen LogP contribution is -2.49. The van der Waals surface area contributed by atoms with Crippen LogP contribution >= 0.6 is 0 Å². The predicted molar refractivity (Wildman–Crippen MR) is 91.8 cm³/mol. The quantitative estimate of drug-likeness (QED) is 0.869. The molecule has 2 atom stereocenters. The first-order valence-electron chi connectivity index (χ1n) is 8.20. The van der Waals surface area contributed by atoms with Gasteiger partial charge in [-0.05, 0) is 18.6 Å². The van der Waals surface area contributed by atoms with E-state index in [0.29, 0.717) is 11.6 Å². The molecule has 0 aliphatic carbocycles. The Kier molecular flexibility index (Phi) is 3.62. The van der Waals surface area contributed by atoms with Crippen LogP contribution in [0.4, 0.5) is 5.69 Å². The van der Waals surface area contributed by atoms with Crippen LogP contribution in [-0.2, 0) is 9.53 Å². The Morgan fingerprint density at radius 3 is 2.67 bits per heavy atom. The number of likely N-dealkylation sites (tertiary alicyclic amines) is 1. The molecule has 0 radical (unpaired) electrons. The summed E-state index contributed by atoms with van der Waals surface area (Å²) in [4.78, 5) is 16.5. The van der Waals surface area contributed by atoms with Gasteiger partial charge in [0.25, 0.3) is 0 Å². The maximum atomic E-state index is 12.1. The average Bonchev–Trinajstić information content (AvgIpc) is 3.21. The first kappa shape index (κ1) is 15.0. The molecular weight excluding hydrogens is 302 g/mol. The second kappa shape index (κ2) is 5.81. The van der Waals surface area contributed by atoms with E-state index < -0.39 is 0 Å². The first-order chi connectivity index (χ1) is 11.7. The van der Waals surface area contributed by atoms with E-state index in [9.17, 15) is 10.1 Å². The van der Waals surface area contributed by atoms with Crippen molar-refractivity contribution in [2.24, 2.45) is 0 Å². The zero-order chi connectivity index (χ0) is 16.7. The summed E-state index contributed by atoms with van der Waals surface area (Å²) in [6.45, 7) is 1.75. The van der Waals surface area contributed by atoms with Crippen LogP contribution in [0.15, 0.2) is 36.4 Å². The Hall–Kier alpha value is -2.58. The summed E-state index contributed by atoms with van der Waals surface area (Å²) in [5.41, 5.74) is 1.87. The topological polar surface area (TPSA) is 56.6 Å². The lowest BCUT2D eigenvalue weighted by Gasteiger charge is -2.36. The van der Waals surface area contributed by atoms with Crippen molar-refractivity contribution in [3.05, 3.63) is 42.0 Å². The van der Waals surface area contributed by atoms with Gasteiger partial charge in [0.15, 0.2) is 0 Å². The van der Waals surface area contributed by atoms with Crippen LogP contribution in [0.1, 0.15) is 12.0 Å². The van der Waals surface area contributed by atoms with Crippen molar-refractivity contribution in [3.8, 4) is 6.07 Å². The fraction of sp³-hybridized carbons (Fsp3) is 0.368. The van der Waals surface area contributed by atoms with Crippen LogP contribution in [0.3, 0.4) is 0 Å². The minimum atomic E-state index is 0.0781. The number of benzene rings is 2. The van der Waals surface area contributed by atoms with Gasteiger partial charge in [-0.3, -0.25) is 4.79 Å². The van der Waals surface area contributed by atoms with Gasteiger partial charge in [0.1, 0.15) is 6.61 Å². The number of anilines is 1. The van der Waals surface area contributed by atoms with Crippen molar-refractivity contribution in [1.29, 1.82) is 5.26 Å². The van der Waals surface area contributed by atoms with Gasteiger partial charge in [-0.25, -0.2) is 0 Å². The monoisotopic (exact) mass is 321 g/mol. The highest BCUT2D eigenvalue weighted by molar-refractivity contribution is 5.98. The molecule has 2 aliphatic rings. The molecule has 24 heavy (non-hydrogen) atoms. The van der Waals surface area contributed by atoms with Crippen molar-refractivity contribution in [2.45, 2.75) is 18.5 Å². The number of fused-ring (bicyclic) bond motifs is 3. The van der Waals surface area contributed by atoms with E-state index in [1.165, 1.54) is 0 Å². The predicted octanol–water partition coefficient (Wildman–Crippen LogP) is 2.15. The minimum absolute atomic E-state index is 0.0781. The van der Waals surface area contributed by atoms with E-state index >= 15 is 0 Å². The number of nitrogens with zero attached hydrogens (tertiary/aromatic N) is 3. The Morgan fingerprint density at radius 2 is 2.00 bits per heavy atom. The molecule has 122 valence electrons. The second-order valence-electron chi connectivity index (χ2n) is 6.46. The minimum Gasteiger partial charge on any atom is -0.375 e. The lowest BCUT2D eigenvalue weighted by molar-refractivity contribution is -0.136. The number of nitriles is 1. The van der Waals surface area contributed by atoms with Crippen LogP contribution < -0.4 is 4.90 Å². The normalized spacial score (nSPS) is 22.2. The van der Waals surface area contributed by atoms with Gasteiger partial charge in [-0.2, -0.15) is 5.26 Å². The van der Waals surface area contributed by atoms with Crippen molar-refractivity contribution in [2.75, 3.05) is 31.7 Å². The van der Waals surface area contributed by atoms with Gasteiger partial charge in [0.05, 0.1) is 17.7 Å². The van der Waals surface area contributed by atoms with E-state index in [1.54, 1.807) is 7.11 Å². The summed E-state index contributed by atoms with van der Waals surface area (Å²) in [5.74, 6) is 0.0781. The van der Waals surface area contributed by atoms with E-state index in [2.05, 4.69) is 17.0 Å². The zero-order valence-corrected chi connectivity index (χ0v) is 13.6. The van der Waals surface area contributed by atoms with Crippen molar-refractivity contribution in [3.63, 3.8) is 0 Å². The van der Waals surface area contributed by atoms with E-state index in [4.69, 9.17) is 4.74 Å². The number of carbonyl (C=O) groups excluding carboxylic acids is 1. The third-order valence-corrected chi connectivity index (χ3v) is 5.16. The Bertz CT molecular complexity index is 842. The maximum absolute atomic E-state index is 12.1. The highest BCUT2D eigenvalue weighted by Crippen LogP contribution is 2.38. The molecule has 2 unspecified atom stereocenters. The van der Waals surface area contributed by atoms with Gasteiger partial charge in [0, 0.05) is 42.7 Å². The largest absolute Gasteiger partial charge is 0.375 e. The van der Waals surface area contributed by atoms with Gasteiger partial charge in [-0.1, -0.05) is 24.3 Å². The van der Waals surface area contributed by atoms with E-state index in [-0.39, 0.29) is 18.6 Å². The molecule has 0 spiro atoms. The fourth-order valence-electron chi connectivity index (χ4n) is 4.10. The number of rotatable bonds is 3. The van der Waals surface area contributed by atoms with E-state index in [1.807, 2.05) is 35.2 Å². The summed E-state index contributed by atoms with van der Waals surface area (Å²) in [7, 11) is 1.56. The first-order valence-corrected chi connectivity index (χ1v) is 8.20. The summed E-state index contributed by atoms with van der Waals surface area (Å²) in [5, 5.41) is 11.4. The lowest BCUT2D eigenvalue weighted by atomic mass is 10.0. The smallest absolute Gasteiger partial charge is 0.248 e. The molecule has 4 rings (SSSR count). The molecule has 5 heteroatoms. The van der Waals surface area contributed by atoms with Crippen LogP contribution in [0, 0.1) is 11.3 Å². The van der Waals surface area contributed by atoms with Gasteiger partial charge < -0.3 is 14.5 Å². The molecule has 1 amide bonds. The van der Waals surface area contributed by atoms with Gasteiger partial charge in [-0.15, -0.1) is 0 Å².